The van der Waals surface area contributed by atoms with Crippen LogP contribution >= 0.6 is 23.2 Å². The van der Waals surface area contributed by atoms with Crippen molar-refractivity contribution in [1.29, 1.82) is 0 Å². The number of nitrogens with zero attached hydrogens (tertiary/aromatic N) is 3. The number of aromatic nitrogens is 3. The number of benzene rings is 2. The van der Waals surface area contributed by atoms with Gasteiger partial charge in [-0.05, 0) is 66.4 Å². The smallest absolute Gasteiger partial charge is 0.258 e. The first-order chi connectivity index (χ1) is 16.0. The van der Waals surface area contributed by atoms with Crippen molar-refractivity contribution >= 4 is 57.9 Å². The molecule has 0 saturated heterocycles. The molecule has 0 spiro atoms. The van der Waals surface area contributed by atoms with Gasteiger partial charge in [-0.3, -0.25) is 4.79 Å². The number of carbonyl (C=O) groups is 1. The van der Waals surface area contributed by atoms with Crippen LogP contribution in [0.2, 0.25) is 10.2 Å². The number of nitrogens with one attached hydrogen (secondary N) is 3. The molecule has 6 bridgehead atoms. The van der Waals surface area contributed by atoms with Crippen LogP contribution in [0.1, 0.15) is 21.5 Å². The number of hydrogen-bond acceptors (Lipinski definition) is 6. The summed E-state index contributed by atoms with van der Waals surface area (Å²) in [5, 5.41) is 10.0. The van der Waals surface area contributed by atoms with Gasteiger partial charge in [-0.2, -0.15) is 4.98 Å². The zero-order valence-corrected chi connectivity index (χ0v) is 18.8. The van der Waals surface area contributed by atoms with Crippen molar-refractivity contribution in [3.8, 4) is 0 Å². The Morgan fingerprint density at radius 1 is 0.939 bits per heavy atom. The van der Waals surface area contributed by atoms with Gasteiger partial charge in [-0.15, -0.1) is 0 Å². The number of anilines is 5. The van der Waals surface area contributed by atoms with E-state index in [-0.39, 0.29) is 11.1 Å². The second kappa shape index (κ2) is 9.05. The molecule has 9 heteroatoms. The van der Waals surface area contributed by atoms with Crippen LogP contribution in [0.3, 0.4) is 0 Å². The molecular weight excluding hydrogens is 459 g/mol. The van der Waals surface area contributed by atoms with Crippen LogP contribution in [0.25, 0.3) is 0 Å². The number of fused-ring (bicyclic) bond motifs is 6. The van der Waals surface area contributed by atoms with Gasteiger partial charge >= 0.3 is 0 Å². The average molecular weight is 477 g/mol. The standard InChI is InChI=1S/C24H18Cl2N6O/c25-19-13-28-24-30-16-4-1-3-14(11-16)6-7-15-12-17(29-22(19)32-24)8-9-20(15)31-23(33)18-5-2-10-27-21(18)26/h1-5,8-13H,6-7H2,(H,31,33)(H2,28,29,30,32). The summed E-state index contributed by atoms with van der Waals surface area (Å²) in [5.74, 6) is 0.604. The number of halogens is 2. The number of aryl methyl sites for hydroxylation is 2. The average Bonchev–Trinajstić information content (AvgIpc) is 2.81. The molecule has 0 atom stereocenters. The van der Waals surface area contributed by atoms with E-state index in [9.17, 15) is 4.79 Å². The molecule has 1 aliphatic heterocycles. The Hall–Kier alpha value is -3.68. The lowest BCUT2D eigenvalue weighted by Crippen LogP contribution is -2.14. The van der Waals surface area contributed by atoms with Gasteiger partial charge < -0.3 is 16.0 Å². The van der Waals surface area contributed by atoms with Crippen LogP contribution in [-0.2, 0) is 12.8 Å². The van der Waals surface area contributed by atoms with Crippen LogP contribution in [0.5, 0.6) is 0 Å². The molecule has 3 N–H and O–H groups in total. The van der Waals surface area contributed by atoms with Crippen molar-refractivity contribution in [1.82, 2.24) is 15.0 Å². The summed E-state index contributed by atoms with van der Waals surface area (Å²) in [7, 11) is 0. The molecule has 164 valence electrons. The van der Waals surface area contributed by atoms with Gasteiger partial charge in [-0.1, -0.05) is 35.3 Å². The molecule has 0 aliphatic carbocycles. The summed E-state index contributed by atoms with van der Waals surface area (Å²) in [6.07, 6.45) is 4.57. The molecule has 0 fully saturated rings. The maximum Gasteiger partial charge on any atom is 0.258 e. The van der Waals surface area contributed by atoms with Crippen molar-refractivity contribution in [3.63, 3.8) is 0 Å². The van der Waals surface area contributed by atoms with E-state index in [1.54, 1.807) is 24.5 Å². The lowest BCUT2D eigenvalue weighted by Gasteiger charge is -2.15. The number of amides is 1. The van der Waals surface area contributed by atoms with Crippen molar-refractivity contribution in [2.24, 2.45) is 0 Å². The highest BCUT2D eigenvalue weighted by atomic mass is 35.5. The Morgan fingerprint density at radius 3 is 2.70 bits per heavy atom. The maximum atomic E-state index is 12.8. The predicted octanol–water partition coefficient (Wildman–Crippen LogP) is 6.02. The molecule has 7 nitrogen and oxygen atoms in total. The van der Waals surface area contributed by atoms with Gasteiger partial charge in [0.2, 0.25) is 5.95 Å². The Labute approximate surface area is 200 Å². The highest BCUT2D eigenvalue weighted by Crippen LogP contribution is 2.30. The number of pyridine rings is 1. The number of rotatable bonds is 2. The second-order valence-electron chi connectivity index (χ2n) is 7.51. The first kappa shape index (κ1) is 21.2. The van der Waals surface area contributed by atoms with Crippen molar-refractivity contribution < 1.29 is 4.79 Å². The third-order valence-electron chi connectivity index (χ3n) is 5.23. The lowest BCUT2D eigenvalue weighted by molar-refractivity contribution is 0.102. The summed E-state index contributed by atoms with van der Waals surface area (Å²) >= 11 is 12.4. The molecule has 0 unspecified atom stereocenters. The fraction of sp³-hybridized carbons (Fsp3) is 0.0833. The summed E-state index contributed by atoms with van der Waals surface area (Å²) < 4.78 is 0. The molecule has 33 heavy (non-hydrogen) atoms. The zero-order valence-electron chi connectivity index (χ0n) is 17.3. The Kier molecular flexibility index (Phi) is 5.81. The Balaban J connectivity index is 1.53. The SMILES string of the molecule is O=C(Nc1ccc2cc1CCc1cccc(c1)Nc1ncc(Cl)c(n1)N2)c1cccnc1Cl. The minimum atomic E-state index is -0.317. The van der Waals surface area contributed by atoms with E-state index in [4.69, 9.17) is 23.2 Å². The highest BCUT2D eigenvalue weighted by molar-refractivity contribution is 6.33. The fourth-order valence-electron chi connectivity index (χ4n) is 3.61. The van der Waals surface area contributed by atoms with E-state index in [0.29, 0.717) is 34.5 Å². The molecule has 2 aromatic carbocycles. The number of carbonyl (C=O) groups excluding carboxylic acids is 1. The van der Waals surface area contributed by atoms with E-state index in [1.807, 2.05) is 30.3 Å². The van der Waals surface area contributed by atoms with Crippen LogP contribution in [0, 0.1) is 0 Å². The molecule has 3 heterocycles. The van der Waals surface area contributed by atoms with Gasteiger partial charge in [0.25, 0.3) is 5.91 Å². The predicted molar refractivity (Wildman–Crippen MR) is 131 cm³/mol. The largest absolute Gasteiger partial charge is 0.339 e. The van der Waals surface area contributed by atoms with Crippen molar-refractivity contribution in [3.05, 3.63) is 93.9 Å². The summed E-state index contributed by atoms with van der Waals surface area (Å²) in [6.45, 7) is 0. The maximum absolute atomic E-state index is 12.8. The van der Waals surface area contributed by atoms with Gasteiger partial charge in [0.1, 0.15) is 10.2 Å². The monoisotopic (exact) mass is 476 g/mol. The third kappa shape index (κ3) is 4.74. The number of hydrogen-bond donors (Lipinski definition) is 3. The highest BCUT2D eigenvalue weighted by Gasteiger charge is 2.15. The molecule has 1 aliphatic rings. The van der Waals surface area contributed by atoms with E-state index in [2.05, 4.69) is 43.0 Å². The molecule has 0 radical (unpaired) electrons. The van der Waals surface area contributed by atoms with Crippen LogP contribution in [0.15, 0.2) is 67.0 Å². The summed E-state index contributed by atoms with van der Waals surface area (Å²) in [6, 6.07) is 17.1. The Bertz CT molecular complexity index is 1360. The Morgan fingerprint density at radius 2 is 1.82 bits per heavy atom. The molecule has 0 saturated carbocycles. The molecule has 4 aromatic rings. The lowest BCUT2D eigenvalue weighted by atomic mass is 10.0. The molecule has 2 aromatic heterocycles. The van der Waals surface area contributed by atoms with Gasteiger partial charge in [0.15, 0.2) is 5.82 Å². The van der Waals surface area contributed by atoms with Gasteiger partial charge in [0, 0.05) is 23.3 Å². The minimum Gasteiger partial charge on any atom is -0.339 e. The van der Waals surface area contributed by atoms with E-state index >= 15 is 0 Å². The van der Waals surface area contributed by atoms with E-state index in [0.717, 1.165) is 28.9 Å². The van der Waals surface area contributed by atoms with Gasteiger partial charge in [-0.25, -0.2) is 9.97 Å². The summed E-state index contributed by atoms with van der Waals surface area (Å²) in [5.41, 5.74) is 4.78. The molecule has 1 amide bonds. The first-order valence-electron chi connectivity index (χ1n) is 10.3. The van der Waals surface area contributed by atoms with E-state index < -0.39 is 0 Å². The van der Waals surface area contributed by atoms with Crippen LogP contribution in [0.4, 0.5) is 28.8 Å². The minimum absolute atomic E-state index is 0.159. The molecular formula is C24H18Cl2N6O. The third-order valence-corrected chi connectivity index (χ3v) is 5.81. The second-order valence-corrected chi connectivity index (χ2v) is 8.27. The van der Waals surface area contributed by atoms with E-state index in [1.165, 1.54) is 0 Å². The molecule has 5 rings (SSSR count). The summed E-state index contributed by atoms with van der Waals surface area (Å²) in [4.78, 5) is 25.6. The van der Waals surface area contributed by atoms with Crippen molar-refractivity contribution in [2.75, 3.05) is 16.0 Å². The topological polar surface area (TPSA) is 91.8 Å². The van der Waals surface area contributed by atoms with Crippen LogP contribution < -0.4 is 16.0 Å². The first-order valence-corrected chi connectivity index (χ1v) is 11.0. The van der Waals surface area contributed by atoms with Crippen molar-refractivity contribution in [2.45, 2.75) is 12.8 Å². The quantitative estimate of drug-likeness (QED) is 0.306. The van der Waals surface area contributed by atoms with Gasteiger partial charge in [0.05, 0.1) is 11.8 Å². The normalized spacial score (nSPS) is 12.3. The van der Waals surface area contributed by atoms with Crippen LogP contribution in [-0.4, -0.2) is 20.9 Å². The zero-order chi connectivity index (χ0) is 22.8. The fourth-order valence-corrected chi connectivity index (χ4v) is 3.95.